The van der Waals surface area contributed by atoms with Gasteiger partial charge in [-0.15, -0.1) is 0 Å². The highest BCUT2D eigenvalue weighted by Crippen LogP contribution is 2.18. The second-order valence-electron chi connectivity index (χ2n) is 8.33. The summed E-state index contributed by atoms with van der Waals surface area (Å²) < 4.78 is 5.70. The number of hydrogen-bond donors (Lipinski definition) is 1. The molecular weight excluding hydrogens is 348 g/mol. The summed E-state index contributed by atoms with van der Waals surface area (Å²) in [4.78, 5) is 4.80. The number of rotatable bonds is 14. The lowest BCUT2D eigenvalue weighted by molar-refractivity contribution is 0.0146. The van der Waals surface area contributed by atoms with Crippen molar-refractivity contribution in [1.29, 1.82) is 0 Å². The van der Waals surface area contributed by atoms with Crippen molar-refractivity contribution in [2.45, 2.75) is 71.3 Å². The van der Waals surface area contributed by atoms with Crippen molar-refractivity contribution in [3.63, 3.8) is 0 Å². The molecule has 0 bridgehead atoms. The van der Waals surface area contributed by atoms with Crippen LogP contribution in [0.2, 0.25) is 0 Å². The van der Waals surface area contributed by atoms with Gasteiger partial charge >= 0.3 is 0 Å². The summed E-state index contributed by atoms with van der Waals surface area (Å²) in [5.41, 5.74) is 2.62. The molecule has 1 N–H and O–H groups in total. The van der Waals surface area contributed by atoms with Gasteiger partial charge in [0.05, 0.1) is 12.7 Å². The largest absolute Gasteiger partial charge is 0.389 e. The Morgan fingerprint density at radius 1 is 0.964 bits per heavy atom. The number of anilines is 1. The Bertz CT molecular complexity index is 515. The molecule has 2 rings (SSSR count). The molecule has 1 heterocycles. The number of nitrogens with zero attached hydrogens (tertiary/aromatic N) is 2. The molecule has 0 amide bonds. The van der Waals surface area contributed by atoms with Crippen molar-refractivity contribution < 1.29 is 9.84 Å². The van der Waals surface area contributed by atoms with Gasteiger partial charge in [0.2, 0.25) is 0 Å². The molecule has 28 heavy (non-hydrogen) atoms. The highest BCUT2D eigenvalue weighted by molar-refractivity contribution is 5.48. The highest BCUT2D eigenvalue weighted by atomic mass is 16.5. The number of ether oxygens (including phenoxy) is 1. The molecule has 0 spiro atoms. The minimum Gasteiger partial charge on any atom is -0.389 e. The summed E-state index contributed by atoms with van der Waals surface area (Å²) in [6.45, 7) is 10.4. The van der Waals surface area contributed by atoms with E-state index in [0.29, 0.717) is 6.61 Å². The number of benzene rings is 1. The van der Waals surface area contributed by atoms with Gasteiger partial charge in [0.15, 0.2) is 0 Å². The van der Waals surface area contributed by atoms with Crippen LogP contribution in [-0.2, 0) is 4.74 Å². The predicted octanol–water partition coefficient (Wildman–Crippen LogP) is 4.64. The second-order valence-corrected chi connectivity index (χ2v) is 8.33. The third-order valence-corrected chi connectivity index (χ3v) is 5.66. The molecule has 1 aliphatic heterocycles. The lowest BCUT2D eigenvalue weighted by atomic mass is 10.1. The van der Waals surface area contributed by atoms with Gasteiger partial charge in [-0.2, -0.15) is 0 Å². The van der Waals surface area contributed by atoms with Crippen LogP contribution >= 0.6 is 0 Å². The number of aliphatic hydroxyl groups excluding tert-OH is 1. The summed E-state index contributed by atoms with van der Waals surface area (Å²) in [7, 11) is 0. The molecule has 1 saturated heterocycles. The molecule has 0 radical (unpaired) electrons. The maximum absolute atomic E-state index is 10.3. The van der Waals surface area contributed by atoms with Crippen molar-refractivity contribution in [2.24, 2.45) is 0 Å². The van der Waals surface area contributed by atoms with Crippen LogP contribution in [0.5, 0.6) is 0 Å². The van der Waals surface area contributed by atoms with Crippen molar-refractivity contribution in [3.05, 3.63) is 29.8 Å². The number of aryl methyl sites for hydroxylation is 1. The zero-order chi connectivity index (χ0) is 20.0. The predicted molar refractivity (Wildman–Crippen MR) is 119 cm³/mol. The molecular formula is C24H42N2O2. The van der Waals surface area contributed by atoms with Crippen LogP contribution in [0.4, 0.5) is 5.69 Å². The highest BCUT2D eigenvalue weighted by Gasteiger charge is 2.19. The summed E-state index contributed by atoms with van der Waals surface area (Å²) in [5.74, 6) is 0. The maximum Gasteiger partial charge on any atom is 0.0900 e. The average molecular weight is 391 g/mol. The van der Waals surface area contributed by atoms with Crippen molar-refractivity contribution in [2.75, 3.05) is 50.8 Å². The third-order valence-electron chi connectivity index (χ3n) is 5.66. The Kier molecular flexibility index (Phi) is 11.6. The van der Waals surface area contributed by atoms with E-state index < -0.39 is 0 Å². The number of unbranched alkanes of at least 4 members (excludes halogenated alkanes) is 7. The van der Waals surface area contributed by atoms with E-state index in [-0.39, 0.29) is 6.10 Å². The van der Waals surface area contributed by atoms with E-state index in [1.165, 1.54) is 56.2 Å². The fraction of sp³-hybridized carbons (Fsp3) is 0.750. The summed E-state index contributed by atoms with van der Waals surface area (Å²) in [5, 5.41) is 10.3. The molecule has 0 saturated carbocycles. The van der Waals surface area contributed by atoms with Gasteiger partial charge in [-0.1, -0.05) is 64.0 Å². The number of piperazine rings is 1. The quantitative estimate of drug-likeness (QED) is 0.470. The molecule has 160 valence electrons. The minimum atomic E-state index is -0.375. The van der Waals surface area contributed by atoms with E-state index in [2.05, 4.69) is 47.9 Å². The Balaban J connectivity index is 1.47. The topological polar surface area (TPSA) is 35.9 Å². The molecule has 0 aromatic heterocycles. The first kappa shape index (κ1) is 23.2. The van der Waals surface area contributed by atoms with E-state index in [0.717, 1.165) is 45.8 Å². The van der Waals surface area contributed by atoms with Gasteiger partial charge in [-0.05, 0) is 31.0 Å². The number of hydrogen-bond acceptors (Lipinski definition) is 4. The average Bonchev–Trinajstić information content (AvgIpc) is 2.70. The van der Waals surface area contributed by atoms with Crippen LogP contribution in [-0.4, -0.2) is 62.0 Å². The van der Waals surface area contributed by atoms with Crippen LogP contribution in [0, 0.1) is 6.92 Å². The molecule has 4 nitrogen and oxygen atoms in total. The molecule has 1 unspecified atom stereocenters. The summed E-state index contributed by atoms with van der Waals surface area (Å²) in [6, 6.07) is 8.72. The standard InChI is InChI=1S/C24H42N2O2/c1-3-4-5-6-7-8-9-10-18-28-21-24(27)20-25-14-16-26(17-15-25)23-13-11-12-22(2)19-23/h11-13,19,24,27H,3-10,14-18,20-21H2,1-2H3. The van der Waals surface area contributed by atoms with Gasteiger partial charge < -0.3 is 14.7 Å². The fourth-order valence-electron chi connectivity index (χ4n) is 3.92. The van der Waals surface area contributed by atoms with Crippen molar-refractivity contribution in [1.82, 2.24) is 4.90 Å². The normalized spacial score (nSPS) is 16.5. The van der Waals surface area contributed by atoms with Gasteiger partial charge in [-0.25, -0.2) is 0 Å². The first-order valence-electron chi connectivity index (χ1n) is 11.5. The van der Waals surface area contributed by atoms with Crippen molar-refractivity contribution in [3.8, 4) is 0 Å². The first-order chi connectivity index (χ1) is 13.7. The van der Waals surface area contributed by atoms with Gasteiger partial charge in [0.25, 0.3) is 0 Å². The van der Waals surface area contributed by atoms with Crippen LogP contribution in [0.25, 0.3) is 0 Å². The Hall–Kier alpha value is -1.10. The molecule has 4 heteroatoms. The first-order valence-corrected chi connectivity index (χ1v) is 11.5. The Morgan fingerprint density at radius 3 is 2.32 bits per heavy atom. The fourth-order valence-corrected chi connectivity index (χ4v) is 3.92. The minimum absolute atomic E-state index is 0.375. The van der Waals surface area contributed by atoms with Gasteiger partial charge in [0.1, 0.15) is 0 Å². The van der Waals surface area contributed by atoms with E-state index in [4.69, 9.17) is 4.74 Å². The lowest BCUT2D eigenvalue weighted by Crippen LogP contribution is -2.49. The monoisotopic (exact) mass is 390 g/mol. The van der Waals surface area contributed by atoms with Gasteiger partial charge in [-0.3, -0.25) is 4.90 Å². The second kappa shape index (κ2) is 14.0. The Morgan fingerprint density at radius 2 is 1.64 bits per heavy atom. The summed E-state index contributed by atoms with van der Waals surface area (Å²) >= 11 is 0. The van der Waals surface area contributed by atoms with Crippen LogP contribution in [0.15, 0.2) is 24.3 Å². The van der Waals surface area contributed by atoms with Crippen LogP contribution < -0.4 is 4.90 Å². The number of aliphatic hydroxyl groups is 1. The van der Waals surface area contributed by atoms with Crippen LogP contribution in [0.1, 0.15) is 63.9 Å². The molecule has 1 aromatic rings. The molecule has 1 aliphatic rings. The van der Waals surface area contributed by atoms with E-state index in [1.807, 2.05) is 0 Å². The third kappa shape index (κ3) is 9.40. The smallest absolute Gasteiger partial charge is 0.0900 e. The molecule has 1 aromatic carbocycles. The van der Waals surface area contributed by atoms with Crippen LogP contribution in [0.3, 0.4) is 0 Å². The van der Waals surface area contributed by atoms with Gasteiger partial charge in [0, 0.05) is 45.0 Å². The maximum atomic E-state index is 10.3. The Labute approximate surface area is 172 Å². The zero-order valence-corrected chi connectivity index (χ0v) is 18.2. The lowest BCUT2D eigenvalue weighted by Gasteiger charge is -2.37. The van der Waals surface area contributed by atoms with E-state index >= 15 is 0 Å². The molecule has 0 aliphatic carbocycles. The molecule has 1 atom stereocenters. The SMILES string of the molecule is CCCCCCCCCCOCC(O)CN1CCN(c2cccc(C)c2)CC1. The van der Waals surface area contributed by atoms with E-state index in [1.54, 1.807) is 0 Å². The molecule has 1 fully saturated rings. The summed E-state index contributed by atoms with van der Waals surface area (Å²) in [6.07, 6.45) is 10.1. The number of β-amino-alcohol motifs (C(OH)–C–C–N with tert-alkyl or cyclic N) is 1. The van der Waals surface area contributed by atoms with Crippen molar-refractivity contribution >= 4 is 5.69 Å². The zero-order valence-electron chi connectivity index (χ0n) is 18.2. The van der Waals surface area contributed by atoms with E-state index in [9.17, 15) is 5.11 Å².